The molecular formula is C21H25NO2. The van der Waals surface area contributed by atoms with Gasteiger partial charge in [0.05, 0.1) is 6.04 Å². The van der Waals surface area contributed by atoms with Gasteiger partial charge in [0.15, 0.2) is 6.61 Å². The summed E-state index contributed by atoms with van der Waals surface area (Å²) in [6.07, 6.45) is 1.99. The number of carbonyl (C=O) groups is 1. The summed E-state index contributed by atoms with van der Waals surface area (Å²) < 4.78 is 5.67. The number of hydrogen-bond donors (Lipinski definition) is 1. The van der Waals surface area contributed by atoms with Crippen LogP contribution in [-0.4, -0.2) is 12.5 Å². The predicted octanol–water partition coefficient (Wildman–Crippen LogP) is 4.30. The molecule has 1 aliphatic carbocycles. The van der Waals surface area contributed by atoms with Gasteiger partial charge in [-0.2, -0.15) is 0 Å². The van der Waals surface area contributed by atoms with E-state index >= 15 is 0 Å². The van der Waals surface area contributed by atoms with E-state index in [0.717, 1.165) is 18.6 Å². The molecule has 0 fully saturated rings. The molecule has 1 N–H and O–H groups in total. The SMILES string of the molecule is Cc1cc(OCC(=O)N[C@@H]2CCc3ccccc32)ccc1C(C)C. The predicted molar refractivity (Wildman–Crippen MR) is 96.4 cm³/mol. The number of amides is 1. The first kappa shape index (κ1) is 16.6. The number of hydrogen-bond acceptors (Lipinski definition) is 2. The van der Waals surface area contributed by atoms with Crippen LogP contribution in [0.4, 0.5) is 0 Å². The van der Waals surface area contributed by atoms with E-state index in [1.165, 1.54) is 22.3 Å². The highest BCUT2D eigenvalue weighted by molar-refractivity contribution is 5.78. The fourth-order valence-corrected chi connectivity index (χ4v) is 3.48. The minimum absolute atomic E-state index is 0.0547. The normalized spacial score (nSPS) is 16.1. The van der Waals surface area contributed by atoms with Crippen LogP contribution in [0, 0.1) is 6.92 Å². The van der Waals surface area contributed by atoms with Crippen LogP contribution in [0.2, 0.25) is 0 Å². The highest BCUT2D eigenvalue weighted by Gasteiger charge is 2.23. The Kier molecular flexibility index (Phi) is 4.89. The quantitative estimate of drug-likeness (QED) is 0.891. The second-order valence-electron chi connectivity index (χ2n) is 6.82. The second-order valence-corrected chi connectivity index (χ2v) is 6.82. The average molecular weight is 323 g/mol. The maximum absolute atomic E-state index is 12.2. The Morgan fingerprint density at radius 1 is 1.25 bits per heavy atom. The highest BCUT2D eigenvalue weighted by atomic mass is 16.5. The smallest absolute Gasteiger partial charge is 0.258 e. The van der Waals surface area contributed by atoms with Crippen LogP contribution in [0.1, 0.15) is 54.5 Å². The molecule has 0 aliphatic heterocycles. The summed E-state index contributed by atoms with van der Waals surface area (Å²) >= 11 is 0. The minimum Gasteiger partial charge on any atom is -0.484 e. The van der Waals surface area contributed by atoms with E-state index in [9.17, 15) is 4.79 Å². The number of rotatable bonds is 5. The molecule has 3 rings (SSSR count). The third kappa shape index (κ3) is 3.61. The molecule has 0 saturated carbocycles. The van der Waals surface area contributed by atoms with E-state index in [1.54, 1.807) is 0 Å². The van der Waals surface area contributed by atoms with E-state index in [4.69, 9.17) is 4.74 Å². The Bertz CT molecular complexity index is 736. The van der Waals surface area contributed by atoms with Crippen molar-refractivity contribution in [1.29, 1.82) is 0 Å². The molecule has 0 radical (unpaired) electrons. The fraction of sp³-hybridized carbons (Fsp3) is 0.381. The number of carbonyl (C=O) groups excluding carboxylic acids is 1. The van der Waals surface area contributed by atoms with Crippen molar-refractivity contribution in [1.82, 2.24) is 5.32 Å². The van der Waals surface area contributed by atoms with Crippen molar-refractivity contribution in [2.75, 3.05) is 6.61 Å². The Labute approximate surface area is 144 Å². The number of fused-ring (bicyclic) bond motifs is 1. The van der Waals surface area contributed by atoms with Gasteiger partial charge in [0, 0.05) is 0 Å². The van der Waals surface area contributed by atoms with Gasteiger partial charge in [0.1, 0.15) is 5.75 Å². The van der Waals surface area contributed by atoms with Crippen molar-refractivity contribution in [3.63, 3.8) is 0 Å². The zero-order chi connectivity index (χ0) is 17.1. The van der Waals surface area contributed by atoms with Crippen LogP contribution in [0.25, 0.3) is 0 Å². The zero-order valence-corrected chi connectivity index (χ0v) is 14.6. The summed E-state index contributed by atoms with van der Waals surface area (Å²) in [7, 11) is 0. The molecule has 1 aliphatic rings. The van der Waals surface area contributed by atoms with Crippen molar-refractivity contribution in [3.05, 3.63) is 64.7 Å². The molecule has 2 aromatic rings. The molecule has 2 aromatic carbocycles. The summed E-state index contributed by atoms with van der Waals surface area (Å²) in [6.45, 7) is 6.49. The summed E-state index contributed by atoms with van der Waals surface area (Å²) in [5, 5.41) is 3.09. The molecule has 1 amide bonds. The molecule has 24 heavy (non-hydrogen) atoms. The lowest BCUT2D eigenvalue weighted by Crippen LogP contribution is -2.31. The van der Waals surface area contributed by atoms with E-state index in [0.29, 0.717) is 5.92 Å². The molecule has 0 unspecified atom stereocenters. The van der Waals surface area contributed by atoms with Gasteiger partial charge < -0.3 is 10.1 Å². The fourth-order valence-electron chi connectivity index (χ4n) is 3.48. The van der Waals surface area contributed by atoms with Crippen molar-refractivity contribution in [3.8, 4) is 5.75 Å². The van der Waals surface area contributed by atoms with Gasteiger partial charge in [-0.3, -0.25) is 4.79 Å². The van der Waals surface area contributed by atoms with Crippen LogP contribution < -0.4 is 10.1 Å². The topological polar surface area (TPSA) is 38.3 Å². The number of benzene rings is 2. The molecule has 1 atom stereocenters. The van der Waals surface area contributed by atoms with Gasteiger partial charge >= 0.3 is 0 Å². The van der Waals surface area contributed by atoms with Gasteiger partial charge in [0.2, 0.25) is 0 Å². The largest absolute Gasteiger partial charge is 0.484 e. The summed E-state index contributed by atoms with van der Waals surface area (Å²) in [5.74, 6) is 1.17. The highest BCUT2D eigenvalue weighted by Crippen LogP contribution is 2.30. The van der Waals surface area contributed by atoms with Crippen molar-refractivity contribution in [2.45, 2.75) is 45.6 Å². The van der Waals surface area contributed by atoms with Crippen molar-refractivity contribution in [2.24, 2.45) is 0 Å². The number of ether oxygens (including phenoxy) is 1. The number of aryl methyl sites for hydroxylation is 2. The first-order valence-electron chi connectivity index (χ1n) is 8.65. The van der Waals surface area contributed by atoms with Crippen LogP contribution in [0.15, 0.2) is 42.5 Å². The average Bonchev–Trinajstić information content (AvgIpc) is 2.96. The van der Waals surface area contributed by atoms with Crippen LogP contribution >= 0.6 is 0 Å². The Balaban J connectivity index is 1.56. The van der Waals surface area contributed by atoms with Gasteiger partial charge in [-0.1, -0.05) is 44.2 Å². The number of nitrogens with one attached hydrogen (secondary N) is 1. The zero-order valence-electron chi connectivity index (χ0n) is 14.6. The second kappa shape index (κ2) is 7.08. The summed E-state index contributed by atoms with van der Waals surface area (Å²) in [5.41, 5.74) is 5.09. The molecule has 0 aromatic heterocycles. The first-order valence-corrected chi connectivity index (χ1v) is 8.65. The van der Waals surface area contributed by atoms with Gasteiger partial charge in [-0.15, -0.1) is 0 Å². The third-order valence-electron chi connectivity index (χ3n) is 4.70. The van der Waals surface area contributed by atoms with E-state index < -0.39 is 0 Å². The molecular weight excluding hydrogens is 298 g/mol. The first-order chi connectivity index (χ1) is 11.5. The molecule has 126 valence electrons. The standard InChI is InChI=1S/C21H25NO2/c1-14(2)18-10-9-17(12-15(18)3)24-13-21(23)22-20-11-8-16-6-4-5-7-19(16)20/h4-7,9-10,12,14,20H,8,11,13H2,1-3H3,(H,22,23)/t20-/m1/s1. The molecule has 0 saturated heterocycles. The van der Waals surface area contributed by atoms with E-state index in [1.807, 2.05) is 18.2 Å². The van der Waals surface area contributed by atoms with E-state index in [-0.39, 0.29) is 18.6 Å². The summed E-state index contributed by atoms with van der Waals surface area (Å²) in [4.78, 5) is 12.2. The minimum atomic E-state index is -0.0673. The maximum Gasteiger partial charge on any atom is 0.258 e. The lowest BCUT2D eigenvalue weighted by Gasteiger charge is -2.15. The van der Waals surface area contributed by atoms with Crippen molar-refractivity contribution >= 4 is 5.91 Å². The van der Waals surface area contributed by atoms with Crippen LogP contribution in [-0.2, 0) is 11.2 Å². The van der Waals surface area contributed by atoms with Crippen LogP contribution in [0.5, 0.6) is 5.75 Å². The Morgan fingerprint density at radius 3 is 2.79 bits per heavy atom. The molecule has 3 heteroatoms. The molecule has 0 bridgehead atoms. The Morgan fingerprint density at radius 2 is 2.04 bits per heavy atom. The molecule has 3 nitrogen and oxygen atoms in total. The molecule has 0 heterocycles. The van der Waals surface area contributed by atoms with Gasteiger partial charge in [-0.05, 0) is 60.1 Å². The summed E-state index contributed by atoms with van der Waals surface area (Å²) in [6, 6.07) is 14.5. The monoisotopic (exact) mass is 323 g/mol. The third-order valence-corrected chi connectivity index (χ3v) is 4.70. The van der Waals surface area contributed by atoms with E-state index in [2.05, 4.69) is 50.4 Å². The lowest BCUT2D eigenvalue weighted by atomic mass is 9.98. The maximum atomic E-state index is 12.2. The van der Waals surface area contributed by atoms with Gasteiger partial charge in [-0.25, -0.2) is 0 Å². The van der Waals surface area contributed by atoms with Crippen molar-refractivity contribution < 1.29 is 9.53 Å². The van der Waals surface area contributed by atoms with Gasteiger partial charge in [0.25, 0.3) is 5.91 Å². The van der Waals surface area contributed by atoms with Crippen LogP contribution in [0.3, 0.4) is 0 Å². The lowest BCUT2D eigenvalue weighted by molar-refractivity contribution is -0.123. The molecule has 0 spiro atoms. The Hall–Kier alpha value is -2.29.